The zero-order chi connectivity index (χ0) is 29.6. The summed E-state index contributed by atoms with van der Waals surface area (Å²) < 4.78 is 54.0. The molecule has 1 saturated carbocycles. The van der Waals surface area contributed by atoms with Crippen molar-refractivity contribution in [3.05, 3.63) is 53.6 Å². The molecule has 7 rings (SSSR count). The van der Waals surface area contributed by atoms with Gasteiger partial charge in [0.25, 0.3) is 5.91 Å². The monoisotopic (exact) mass is 615 g/mol. The van der Waals surface area contributed by atoms with Crippen molar-refractivity contribution in [2.75, 3.05) is 49.1 Å². The number of piperazine rings is 1. The molecule has 5 fully saturated rings. The summed E-state index contributed by atoms with van der Waals surface area (Å²) in [6.45, 7) is 3.64. The topological polar surface area (TPSA) is 119 Å². The highest BCUT2D eigenvalue weighted by atomic mass is 32.2. The maximum atomic E-state index is 13.5. The largest absolute Gasteiger partial charge is 0.322 e. The Hall–Kier alpha value is -2.51. The molecule has 0 spiro atoms. The first-order valence-electron chi connectivity index (χ1n) is 14.9. The number of carbonyl (C=O) groups is 1. The number of hydrogen-bond donors (Lipinski definition) is 2. The zero-order valence-electron chi connectivity index (χ0n) is 24.3. The van der Waals surface area contributed by atoms with Gasteiger partial charge in [0.15, 0.2) is 0 Å². The van der Waals surface area contributed by atoms with Crippen molar-refractivity contribution in [2.45, 2.75) is 62.0 Å². The van der Waals surface area contributed by atoms with E-state index in [4.69, 9.17) is 0 Å². The van der Waals surface area contributed by atoms with Crippen LogP contribution in [0.1, 0.15) is 54.4 Å². The molecular weight excluding hydrogens is 574 g/mol. The third-order valence-electron chi connectivity index (χ3n) is 9.61. The second kappa shape index (κ2) is 11.5. The fourth-order valence-electron chi connectivity index (χ4n) is 6.87. The molecule has 2 atom stereocenters. The van der Waals surface area contributed by atoms with Gasteiger partial charge in [-0.15, -0.1) is 0 Å². The lowest BCUT2D eigenvalue weighted by Gasteiger charge is -2.48. The van der Waals surface area contributed by atoms with E-state index in [0.29, 0.717) is 43.3 Å². The number of anilines is 2. The number of sulfonamides is 2. The van der Waals surface area contributed by atoms with Crippen molar-refractivity contribution in [1.29, 1.82) is 0 Å². The Bertz CT molecular complexity index is 1520. The van der Waals surface area contributed by atoms with Gasteiger partial charge < -0.3 is 10.6 Å². The van der Waals surface area contributed by atoms with E-state index in [-0.39, 0.29) is 16.1 Å². The number of hydrogen-bond acceptors (Lipinski definition) is 7. The van der Waals surface area contributed by atoms with Crippen molar-refractivity contribution < 1.29 is 21.6 Å². The number of nitrogens with one attached hydrogen (secondary N) is 2. The molecule has 0 radical (unpaired) electrons. The lowest BCUT2D eigenvalue weighted by atomic mass is 9.72. The second-order valence-electron chi connectivity index (χ2n) is 12.5. The normalized spacial score (nSPS) is 24.0. The number of fused-ring (bicyclic) bond motifs is 2. The number of rotatable bonds is 9. The fraction of sp³-hybridized carbons (Fsp3) is 0.567. The van der Waals surface area contributed by atoms with Gasteiger partial charge in [0.1, 0.15) is 0 Å². The molecular formula is C30H41N5O5S2. The van der Waals surface area contributed by atoms with E-state index in [2.05, 4.69) is 15.5 Å². The van der Waals surface area contributed by atoms with Crippen molar-refractivity contribution in [1.82, 2.24) is 14.5 Å². The summed E-state index contributed by atoms with van der Waals surface area (Å²) in [6, 6.07) is 12.5. The van der Waals surface area contributed by atoms with Gasteiger partial charge in [-0.2, -0.15) is 4.31 Å². The Kier molecular flexibility index (Phi) is 8.12. The highest BCUT2D eigenvalue weighted by molar-refractivity contribution is 7.92. The van der Waals surface area contributed by atoms with Gasteiger partial charge in [0, 0.05) is 57.5 Å². The minimum atomic E-state index is -3.61. The average molecular weight is 616 g/mol. The highest BCUT2D eigenvalue weighted by Crippen LogP contribution is 2.39. The number of benzene rings is 2. The van der Waals surface area contributed by atoms with E-state index >= 15 is 0 Å². The summed E-state index contributed by atoms with van der Waals surface area (Å²) in [7, 11) is -5.79. The average Bonchev–Trinajstić information content (AvgIpc) is 2.91. The van der Waals surface area contributed by atoms with E-state index in [1.807, 2.05) is 6.07 Å². The summed E-state index contributed by atoms with van der Waals surface area (Å²) in [5.41, 5.74) is 1.89. The van der Waals surface area contributed by atoms with Crippen LogP contribution in [-0.2, 0) is 26.6 Å². The Morgan fingerprint density at radius 1 is 0.952 bits per heavy atom. The molecule has 42 heavy (non-hydrogen) atoms. The summed E-state index contributed by atoms with van der Waals surface area (Å²) in [5.74, 6) is 0.943. The van der Waals surface area contributed by atoms with E-state index in [0.717, 1.165) is 48.0 Å². The number of piperidine rings is 2. The first-order chi connectivity index (χ1) is 20.0. The number of nitrogens with zero attached hydrogens (tertiary/aromatic N) is 3. The Balaban J connectivity index is 1.16. The minimum Gasteiger partial charge on any atom is -0.322 e. The second-order valence-corrected chi connectivity index (χ2v) is 16.4. The fourth-order valence-corrected chi connectivity index (χ4v) is 8.85. The molecule has 4 aliphatic heterocycles. The summed E-state index contributed by atoms with van der Waals surface area (Å²) in [6.07, 6.45) is 7.97. The van der Waals surface area contributed by atoms with Crippen LogP contribution in [0, 0.1) is 11.8 Å². The first kappa shape index (κ1) is 29.6. The Morgan fingerprint density at radius 2 is 1.57 bits per heavy atom. The number of carbonyl (C=O) groups excluding carboxylic acids is 1. The molecule has 12 heteroatoms. The molecule has 2 aromatic rings. The van der Waals surface area contributed by atoms with Crippen LogP contribution < -0.4 is 14.9 Å². The van der Waals surface area contributed by atoms with Crippen molar-refractivity contribution >= 4 is 37.3 Å². The molecule has 10 nitrogen and oxygen atoms in total. The van der Waals surface area contributed by atoms with Gasteiger partial charge in [-0.05, 0) is 73.1 Å². The van der Waals surface area contributed by atoms with Gasteiger partial charge in [-0.1, -0.05) is 25.3 Å². The lowest BCUT2D eigenvalue weighted by molar-refractivity contribution is 0.0725. The molecule has 0 aromatic heterocycles. The standard InChI is InChI=1S/C30H41N5O5S2/c1-33(41(2,37)38)29-11-6-21(18-34-19-25-17-26(20-34)31-25)16-28(29)30(36)32-24-7-9-27(10-8-24)42(39,40)35-14-12-23(13-15-35)22-4-3-5-22/h6-11,16,22-23,25-26,31H,3-5,12-15,17-20H2,1-2H3,(H,32,36)/t25-,26+. The molecule has 0 unspecified atom stereocenters. The lowest BCUT2D eigenvalue weighted by Crippen LogP contribution is -2.66. The van der Waals surface area contributed by atoms with Crippen LogP contribution in [0.4, 0.5) is 11.4 Å². The van der Waals surface area contributed by atoms with Crippen LogP contribution in [0.3, 0.4) is 0 Å². The third kappa shape index (κ3) is 6.10. The zero-order valence-corrected chi connectivity index (χ0v) is 26.0. The summed E-state index contributed by atoms with van der Waals surface area (Å²) in [4.78, 5) is 16.1. The van der Waals surface area contributed by atoms with Crippen molar-refractivity contribution in [2.24, 2.45) is 11.8 Å². The van der Waals surface area contributed by atoms with Crippen LogP contribution in [0.2, 0.25) is 0 Å². The molecule has 228 valence electrons. The Labute approximate surface area is 249 Å². The molecule has 2 bridgehead atoms. The van der Waals surface area contributed by atoms with E-state index in [1.165, 1.54) is 44.9 Å². The van der Waals surface area contributed by atoms with Crippen LogP contribution in [0.25, 0.3) is 0 Å². The van der Waals surface area contributed by atoms with Crippen LogP contribution in [0.15, 0.2) is 47.4 Å². The van der Waals surface area contributed by atoms with Crippen LogP contribution in [-0.4, -0.2) is 83.5 Å². The predicted octanol–water partition coefficient (Wildman–Crippen LogP) is 3.08. The van der Waals surface area contributed by atoms with Gasteiger partial charge in [-0.25, -0.2) is 16.8 Å². The molecule has 1 aliphatic carbocycles. The first-order valence-corrected chi connectivity index (χ1v) is 18.2. The van der Waals surface area contributed by atoms with Crippen molar-refractivity contribution in [3.8, 4) is 0 Å². The summed E-state index contributed by atoms with van der Waals surface area (Å²) in [5, 5.41) is 6.36. The summed E-state index contributed by atoms with van der Waals surface area (Å²) >= 11 is 0. The molecule has 2 N–H and O–H groups in total. The maximum Gasteiger partial charge on any atom is 0.257 e. The molecule has 2 aromatic carbocycles. The van der Waals surface area contributed by atoms with Crippen LogP contribution in [0.5, 0.6) is 0 Å². The molecule has 1 amide bonds. The van der Waals surface area contributed by atoms with Crippen LogP contribution >= 0.6 is 0 Å². The highest BCUT2D eigenvalue weighted by Gasteiger charge is 2.37. The van der Waals surface area contributed by atoms with Crippen molar-refractivity contribution in [3.63, 3.8) is 0 Å². The van der Waals surface area contributed by atoms with Gasteiger partial charge in [-0.3, -0.25) is 14.0 Å². The van der Waals surface area contributed by atoms with Gasteiger partial charge >= 0.3 is 0 Å². The minimum absolute atomic E-state index is 0.205. The Morgan fingerprint density at radius 3 is 2.14 bits per heavy atom. The van der Waals surface area contributed by atoms with Gasteiger partial charge in [0.05, 0.1) is 22.4 Å². The quantitative estimate of drug-likeness (QED) is 0.445. The van der Waals surface area contributed by atoms with E-state index in [1.54, 1.807) is 28.6 Å². The predicted molar refractivity (Wildman–Crippen MR) is 164 cm³/mol. The van der Waals surface area contributed by atoms with E-state index < -0.39 is 26.0 Å². The maximum absolute atomic E-state index is 13.5. The molecule has 5 aliphatic rings. The molecule has 4 heterocycles. The SMILES string of the molecule is CN(c1ccc(CN2C[C@H]3C[C@@H](C2)N3)cc1C(=O)Nc1ccc(S(=O)(=O)N2CCC(C3CCC3)CC2)cc1)S(C)(=O)=O. The molecule has 4 saturated heterocycles. The number of amides is 1. The third-order valence-corrected chi connectivity index (χ3v) is 12.7. The van der Waals surface area contributed by atoms with E-state index in [9.17, 15) is 21.6 Å². The smallest absolute Gasteiger partial charge is 0.257 e. The van der Waals surface area contributed by atoms with Gasteiger partial charge in [0.2, 0.25) is 20.0 Å².